The number of aromatic carboxylic acids is 1. The molecular formula is C23H21FN2O3. The van der Waals surface area contributed by atoms with Gasteiger partial charge in [-0.25, -0.2) is 9.18 Å². The molecule has 0 atom stereocenters. The van der Waals surface area contributed by atoms with Gasteiger partial charge < -0.3 is 15.3 Å². The van der Waals surface area contributed by atoms with Gasteiger partial charge in [0.15, 0.2) is 0 Å². The van der Waals surface area contributed by atoms with Crippen molar-refractivity contribution >= 4 is 23.3 Å². The number of carbonyl (C=O) groups is 2. The standard InChI is InChI=1S/C23H21FN2O3/c1-2-26(15-16-8-4-3-5-9-16)21-13-12-17(23(28)29)14-20(21)25-22(27)18-10-6-7-11-19(18)24/h3-14H,2,15H2,1H3,(H,25,27)(H,28,29). The van der Waals surface area contributed by atoms with Crippen LogP contribution in [0.3, 0.4) is 0 Å². The molecule has 3 aromatic carbocycles. The summed E-state index contributed by atoms with van der Waals surface area (Å²) in [5, 5.41) is 12.0. The Morgan fingerprint density at radius 1 is 1.00 bits per heavy atom. The van der Waals surface area contributed by atoms with Gasteiger partial charge in [-0.15, -0.1) is 0 Å². The first-order valence-electron chi connectivity index (χ1n) is 9.21. The van der Waals surface area contributed by atoms with E-state index in [2.05, 4.69) is 5.32 Å². The summed E-state index contributed by atoms with van der Waals surface area (Å²) in [6.45, 7) is 3.17. The molecule has 0 heterocycles. The predicted octanol–water partition coefficient (Wildman–Crippen LogP) is 4.80. The van der Waals surface area contributed by atoms with Crippen LogP contribution in [-0.2, 0) is 6.54 Å². The Morgan fingerprint density at radius 2 is 1.69 bits per heavy atom. The highest BCUT2D eigenvalue weighted by Crippen LogP contribution is 2.29. The summed E-state index contributed by atoms with van der Waals surface area (Å²) in [7, 11) is 0. The second-order valence-corrected chi connectivity index (χ2v) is 6.47. The van der Waals surface area contributed by atoms with E-state index >= 15 is 0 Å². The predicted molar refractivity (Wildman–Crippen MR) is 111 cm³/mol. The highest BCUT2D eigenvalue weighted by atomic mass is 19.1. The molecule has 148 valence electrons. The molecule has 0 bridgehead atoms. The van der Waals surface area contributed by atoms with Gasteiger partial charge >= 0.3 is 5.97 Å². The van der Waals surface area contributed by atoms with Gasteiger partial charge in [0.25, 0.3) is 5.91 Å². The number of halogens is 1. The largest absolute Gasteiger partial charge is 0.478 e. The number of hydrogen-bond acceptors (Lipinski definition) is 3. The number of amides is 1. The van der Waals surface area contributed by atoms with Crippen LogP contribution < -0.4 is 10.2 Å². The average Bonchev–Trinajstić information content (AvgIpc) is 2.73. The first-order valence-corrected chi connectivity index (χ1v) is 9.21. The molecule has 0 aliphatic rings. The minimum atomic E-state index is -1.11. The van der Waals surface area contributed by atoms with E-state index in [0.29, 0.717) is 24.5 Å². The summed E-state index contributed by atoms with van der Waals surface area (Å²) in [4.78, 5) is 26.1. The second kappa shape index (κ2) is 9.01. The molecule has 3 rings (SSSR count). The van der Waals surface area contributed by atoms with Gasteiger partial charge in [-0.2, -0.15) is 0 Å². The Balaban J connectivity index is 1.97. The summed E-state index contributed by atoms with van der Waals surface area (Å²) in [5.41, 5.74) is 1.98. The van der Waals surface area contributed by atoms with Crippen LogP contribution in [-0.4, -0.2) is 23.5 Å². The van der Waals surface area contributed by atoms with Gasteiger partial charge in [0, 0.05) is 13.1 Å². The molecule has 6 heteroatoms. The lowest BCUT2D eigenvalue weighted by atomic mass is 10.1. The van der Waals surface area contributed by atoms with E-state index < -0.39 is 17.7 Å². The van der Waals surface area contributed by atoms with E-state index in [4.69, 9.17) is 0 Å². The topological polar surface area (TPSA) is 69.6 Å². The number of benzene rings is 3. The number of anilines is 2. The molecule has 3 aromatic rings. The van der Waals surface area contributed by atoms with Crippen molar-refractivity contribution in [3.05, 3.63) is 95.3 Å². The maximum Gasteiger partial charge on any atom is 0.335 e. The molecule has 29 heavy (non-hydrogen) atoms. The Morgan fingerprint density at radius 3 is 2.34 bits per heavy atom. The van der Waals surface area contributed by atoms with Crippen molar-refractivity contribution in [2.45, 2.75) is 13.5 Å². The van der Waals surface area contributed by atoms with Gasteiger partial charge in [0.1, 0.15) is 5.82 Å². The Bertz CT molecular complexity index is 1020. The minimum Gasteiger partial charge on any atom is -0.478 e. The molecule has 0 fully saturated rings. The Kier molecular flexibility index (Phi) is 6.24. The van der Waals surface area contributed by atoms with Crippen molar-refractivity contribution in [2.75, 3.05) is 16.8 Å². The lowest BCUT2D eigenvalue weighted by Gasteiger charge is -2.26. The number of nitrogens with zero attached hydrogens (tertiary/aromatic N) is 1. The van der Waals surface area contributed by atoms with Crippen LogP contribution in [0, 0.1) is 5.82 Å². The van der Waals surface area contributed by atoms with Crippen LogP contribution in [0.15, 0.2) is 72.8 Å². The maximum absolute atomic E-state index is 14.0. The van der Waals surface area contributed by atoms with Gasteiger partial charge in [0.05, 0.1) is 22.5 Å². The van der Waals surface area contributed by atoms with Crippen molar-refractivity contribution < 1.29 is 19.1 Å². The van der Waals surface area contributed by atoms with Crippen molar-refractivity contribution in [2.24, 2.45) is 0 Å². The van der Waals surface area contributed by atoms with Gasteiger partial charge in [-0.3, -0.25) is 4.79 Å². The Labute approximate surface area is 168 Å². The fraction of sp³-hybridized carbons (Fsp3) is 0.130. The maximum atomic E-state index is 14.0. The molecule has 5 nitrogen and oxygen atoms in total. The quantitative estimate of drug-likeness (QED) is 0.606. The molecule has 0 saturated heterocycles. The molecule has 0 radical (unpaired) electrons. The Hall–Kier alpha value is -3.67. The van der Waals surface area contributed by atoms with Crippen molar-refractivity contribution in [3.63, 3.8) is 0 Å². The fourth-order valence-electron chi connectivity index (χ4n) is 3.05. The molecule has 0 spiro atoms. The normalized spacial score (nSPS) is 10.4. The third kappa shape index (κ3) is 4.79. The van der Waals surface area contributed by atoms with Gasteiger partial charge in [0.2, 0.25) is 0 Å². The highest BCUT2D eigenvalue weighted by Gasteiger charge is 2.18. The summed E-state index contributed by atoms with van der Waals surface area (Å²) in [6, 6.07) is 20.0. The lowest BCUT2D eigenvalue weighted by molar-refractivity contribution is 0.0696. The van der Waals surface area contributed by atoms with Crippen molar-refractivity contribution in [1.82, 2.24) is 0 Å². The smallest absolute Gasteiger partial charge is 0.335 e. The van der Waals surface area contributed by atoms with E-state index in [0.717, 1.165) is 5.56 Å². The zero-order valence-electron chi connectivity index (χ0n) is 15.9. The van der Waals surface area contributed by atoms with Crippen molar-refractivity contribution in [3.8, 4) is 0 Å². The summed E-state index contributed by atoms with van der Waals surface area (Å²) in [6.07, 6.45) is 0. The lowest BCUT2D eigenvalue weighted by Crippen LogP contribution is -2.24. The number of rotatable bonds is 7. The number of nitrogens with one attached hydrogen (secondary N) is 1. The molecule has 0 aliphatic heterocycles. The van der Waals surface area contributed by atoms with Crippen molar-refractivity contribution in [1.29, 1.82) is 0 Å². The molecule has 1 amide bonds. The number of carbonyl (C=O) groups excluding carboxylic acids is 1. The molecule has 0 saturated carbocycles. The third-order valence-electron chi connectivity index (χ3n) is 4.55. The van der Waals surface area contributed by atoms with E-state index in [-0.39, 0.29) is 11.1 Å². The summed E-state index contributed by atoms with van der Waals surface area (Å²) >= 11 is 0. The number of hydrogen-bond donors (Lipinski definition) is 2. The van der Waals surface area contributed by atoms with E-state index in [9.17, 15) is 19.1 Å². The van der Waals surface area contributed by atoms with Gasteiger partial charge in [-0.05, 0) is 42.8 Å². The summed E-state index contributed by atoms with van der Waals surface area (Å²) in [5.74, 6) is -2.38. The molecule has 0 aliphatic carbocycles. The highest BCUT2D eigenvalue weighted by molar-refractivity contribution is 6.07. The van der Waals surface area contributed by atoms with Crippen LogP contribution in [0.4, 0.5) is 15.8 Å². The van der Waals surface area contributed by atoms with E-state index in [1.54, 1.807) is 12.1 Å². The first-order chi connectivity index (χ1) is 14.0. The molecule has 0 unspecified atom stereocenters. The van der Waals surface area contributed by atoms with Gasteiger partial charge in [-0.1, -0.05) is 42.5 Å². The monoisotopic (exact) mass is 392 g/mol. The van der Waals surface area contributed by atoms with Crippen LogP contribution in [0.2, 0.25) is 0 Å². The molecule has 0 aromatic heterocycles. The van der Waals surface area contributed by atoms with Crippen LogP contribution in [0.25, 0.3) is 0 Å². The van der Waals surface area contributed by atoms with Crippen LogP contribution >= 0.6 is 0 Å². The van der Waals surface area contributed by atoms with E-state index in [1.807, 2.05) is 42.2 Å². The molecule has 2 N–H and O–H groups in total. The van der Waals surface area contributed by atoms with Crippen LogP contribution in [0.1, 0.15) is 33.2 Å². The number of carboxylic acid groups (broad SMARTS) is 1. The van der Waals surface area contributed by atoms with E-state index in [1.165, 1.54) is 30.3 Å². The van der Waals surface area contributed by atoms with Crippen LogP contribution in [0.5, 0.6) is 0 Å². The third-order valence-corrected chi connectivity index (χ3v) is 4.55. The SMILES string of the molecule is CCN(Cc1ccccc1)c1ccc(C(=O)O)cc1NC(=O)c1ccccc1F. The average molecular weight is 392 g/mol. The first kappa shape index (κ1) is 20.1. The summed E-state index contributed by atoms with van der Waals surface area (Å²) < 4.78 is 14.0. The fourth-order valence-corrected chi connectivity index (χ4v) is 3.05. The zero-order valence-corrected chi connectivity index (χ0v) is 15.9. The number of carboxylic acids is 1. The minimum absolute atomic E-state index is 0.0355. The second-order valence-electron chi connectivity index (χ2n) is 6.47. The molecular weight excluding hydrogens is 371 g/mol. The zero-order chi connectivity index (χ0) is 20.8.